The Hall–Kier alpha value is -2.13. The molecule has 0 spiro atoms. The molecule has 0 saturated carbocycles. The second-order valence-electron chi connectivity index (χ2n) is 4.63. The number of hydrogen-bond acceptors (Lipinski definition) is 5. The summed E-state index contributed by atoms with van der Waals surface area (Å²) in [7, 11) is -4.01. The number of benzene rings is 1. The van der Waals surface area contributed by atoms with Crippen molar-refractivity contribution in [3.63, 3.8) is 0 Å². The lowest BCUT2D eigenvalue weighted by Gasteiger charge is -2.20. The summed E-state index contributed by atoms with van der Waals surface area (Å²) in [6, 6.07) is 1.47. The van der Waals surface area contributed by atoms with Crippen LogP contribution in [0.15, 0.2) is 17.0 Å². The predicted molar refractivity (Wildman–Crippen MR) is 72.7 cm³/mol. The number of rotatable bonds is 4. The molecular weight excluding hydrogens is 300 g/mol. The van der Waals surface area contributed by atoms with E-state index >= 15 is 0 Å². The zero-order valence-electron chi connectivity index (χ0n) is 11.3. The molecule has 3 N–H and O–H groups in total. The Labute approximate surface area is 121 Å². The van der Waals surface area contributed by atoms with Gasteiger partial charge in [0.15, 0.2) is 6.61 Å². The number of aliphatic carboxylic acids is 1. The van der Waals surface area contributed by atoms with E-state index in [1.165, 1.54) is 19.1 Å². The molecule has 2 rings (SSSR count). The summed E-state index contributed by atoms with van der Waals surface area (Å²) in [6.07, 6.45) is 0. The van der Waals surface area contributed by atoms with Gasteiger partial charge in [0.25, 0.3) is 5.91 Å². The van der Waals surface area contributed by atoms with Crippen LogP contribution in [0.25, 0.3) is 0 Å². The van der Waals surface area contributed by atoms with Crippen LogP contribution in [0.5, 0.6) is 5.75 Å². The Balaban J connectivity index is 2.40. The highest BCUT2D eigenvalue weighted by atomic mass is 32.2. The van der Waals surface area contributed by atoms with E-state index in [0.717, 1.165) is 0 Å². The molecule has 1 heterocycles. The van der Waals surface area contributed by atoms with E-state index in [9.17, 15) is 18.0 Å². The third kappa shape index (κ3) is 3.14. The first-order valence-corrected chi connectivity index (χ1v) is 7.51. The van der Waals surface area contributed by atoms with Crippen molar-refractivity contribution in [2.45, 2.75) is 24.8 Å². The van der Waals surface area contributed by atoms with Crippen LogP contribution in [-0.4, -0.2) is 38.0 Å². The highest BCUT2D eigenvalue weighted by molar-refractivity contribution is 7.89. The Kier molecular flexibility index (Phi) is 3.88. The van der Waals surface area contributed by atoms with Crippen LogP contribution in [0, 0.1) is 6.92 Å². The van der Waals surface area contributed by atoms with Crippen molar-refractivity contribution in [2.24, 2.45) is 0 Å². The fourth-order valence-corrected chi connectivity index (χ4v) is 3.29. The van der Waals surface area contributed by atoms with Gasteiger partial charge in [0, 0.05) is 6.07 Å². The smallest absolute Gasteiger partial charge is 0.321 e. The van der Waals surface area contributed by atoms with Gasteiger partial charge in [0.2, 0.25) is 10.0 Å². The topological polar surface area (TPSA) is 122 Å². The molecule has 0 saturated heterocycles. The third-order valence-corrected chi connectivity index (χ3v) is 4.58. The van der Waals surface area contributed by atoms with Crippen LogP contribution in [0.4, 0.5) is 5.69 Å². The minimum atomic E-state index is -4.01. The number of carbonyl (C=O) groups is 2. The molecule has 21 heavy (non-hydrogen) atoms. The fourth-order valence-electron chi connectivity index (χ4n) is 1.85. The zero-order valence-corrected chi connectivity index (χ0v) is 12.2. The number of carboxylic acids is 1. The van der Waals surface area contributed by atoms with E-state index in [0.29, 0.717) is 11.3 Å². The first-order valence-electron chi connectivity index (χ1n) is 6.03. The number of fused-ring (bicyclic) bond motifs is 1. The fraction of sp³-hybridized carbons (Fsp3) is 0.333. The van der Waals surface area contributed by atoms with Gasteiger partial charge in [-0.15, -0.1) is 0 Å². The Morgan fingerprint density at radius 3 is 2.76 bits per heavy atom. The van der Waals surface area contributed by atoms with Gasteiger partial charge in [-0.05, 0) is 25.5 Å². The molecule has 1 aliphatic heterocycles. The molecule has 1 aromatic carbocycles. The second-order valence-corrected chi connectivity index (χ2v) is 6.31. The number of sulfonamides is 1. The zero-order chi connectivity index (χ0) is 15.8. The molecule has 0 aliphatic carbocycles. The lowest BCUT2D eigenvalue weighted by molar-refractivity contribution is -0.138. The summed E-state index contributed by atoms with van der Waals surface area (Å²) in [5.74, 6) is -1.38. The molecule has 0 bridgehead atoms. The average molecular weight is 314 g/mol. The Morgan fingerprint density at radius 2 is 2.14 bits per heavy atom. The van der Waals surface area contributed by atoms with Crippen LogP contribution in [-0.2, 0) is 19.6 Å². The van der Waals surface area contributed by atoms with Crippen molar-refractivity contribution in [3.05, 3.63) is 17.7 Å². The number of nitrogens with one attached hydrogen (secondary N) is 2. The Morgan fingerprint density at radius 1 is 1.48 bits per heavy atom. The molecule has 8 nitrogen and oxygen atoms in total. The first-order chi connectivity index (χ1) is 9.70. The molecule has 1 unspecified atom stereocenters. The second kappa shape index (κ2) is 5.34. The van der Waals surface area contributed by atoms with Crippen molar-refractivity contribution in [2.75, 3.05) is 11.9 Å². The van der Waals surface area contributed by atoms with Gasteiger partial charge in [0.1, 0.15) is 11.8 Å². The van der Waals surface area contributed by atoms with Crippen LogP contribution < -0.4 is 14.8 Å². The molecule has 0 radical (unpaired) electrons. The number of carbonyl (C=O) groups excluding carboxylic acids is 1. The van der Waals surface area contributed by atoms with Gasteiger partial charge >= 0.3 is 5.97 Å². The SMILES string of the molecule is Cc1cc2c(cc1S(=O)(=O)NC(C)C(=O)O)OCC(=O)N2. The quantitative estimate of drug-likeness (QED) is 0.723. The molecule has 0 aromatic heterocycles. The van der Waals surface area contributed by atoms with E-state index in [1.54, 1.807) is 6.92 Å². The molecule has 114 valence electrons. The van der Waals surface area contributed by atoms with Crippen molar-refractivity contribution >= 4 is 27.6 Å². The molecule has 1 aliphatic rings. The minimum absolute atomic E-state index is 0.0921. The molecule has 0 fully saturated rings. The lowest BCUT2D eigenvalue weighted by atomic mass is 10.2. The normalized spacial score (nSPS) is 15.6. The number of aryl methyl sites for hydroxylation is 1. The summed E-state index contributed by atoms with van der Waals surface area (Å²) in [5, 5.41) is 11.3. The molecule has 1 atom stereocenters. The van der Waals surface area contributed by atoms with Gasteiger partial charge in [-0.2, -0.15) is 4.72 Å². The maximum Gasteiger partial charge on any atom is 0.321 e. The highest BCUT2D eigenvalue weighted by Gasteiger charge is 2.26. The number of ether oxygens (including phenoxy) is 1. The predicted octanol–water partition coefficient (Wildman–Crippen LogP) is 0.0773. The number of amides is 1. The van der Waals surface area contributed by atoms with Crippen molar-refractivity contribution in [1.82, 2.24) is 4.72 Å². The maximum absolute atomic E-state index is 12.2. The number of hydrogen-bond donors (Lipinski definition) is 3. The summed E-state index contributed by atoms with van der Waals surface area (Å²) in [5.41, 5.74) is 0.749. The van der Waals surface area contributed by atoms with Crippen molar-refractivity contribution < 1.29 is 27.9 Å². The monoisotopic (exact) mass is 314 g/mol. The van der Waals surface area contributed by atoms with E-state index in [-0.39, 0.29) is 23.2 Å². The van der Waals surface area contributed by atoms with E-state index in [2.05, 4.69) is 10.0 Å². The van der Waals surface area contributed by atoms with Gasteiger partial charge < -0.3 is 15.2 Å². The highest BCUT2D eigenvalue weighted by Crippen LogP contribution is 2.32. The number of anilines is 1. The first kappa shape index (κ1) is 15.3. The summed E-state index contributed by atoms with van der Waals surface area (Å²) >= 11 is 0. The largest absolute Gasteiger partial charge is 0.482 e. The standard InChI is InChI=1S/C12H14N2O6S/c1-6-3-8-9(20-5-11(15)13-8)4-10(6)21(18,19)14-7(2)12(16)17/h3-4,7,14H,5H2,1-2H3,(H,13,15)(H,16,17). The van der Waals surface area contributed by atoms with Crippen LogP contribution in [0.2, 0.25) is 0 Å². The summed E-state index contributed by atoms with van der Waals surface area (Å²) < 4.78 is 31.6. The third-order valence-electron chi connectivity index (χ3n) is 2.90. The van der Waals surface area contributed by atoms with E-state index < -0.39 is 22.0 Å². The molecule has 9 heteroatoms. The molecule has 1 amide bonds. The van der Waals surface area contributed by atoms with E-state index in [4.69, 9.17) is 9.84 Å². The van der Waals surface area contributed by atoms with Gasteiger partial charge in [-0.25, -0.2) is 8.42 Å². The van der Waals surface area contributed by atoms with Gasteiger partial charge in [-0.3, -0.25) is 9.59 Å². The Bertz CT molecular complexity index is 713. The van der Waals surface area contributed by atoms with Gasteiger partial charge in [0.05, 0.1) is 10.6 Å². The van der Waals surface area contributed by atoms with Crippen molar-refractivity contribution in [1.29, 1.82) is 0 Å². The summed E-state index contributed by atoms with van der Waals surface area (Å²) in [4.78, 5) is 21.9. The van der Waals surface area contributed by atoms with Crippen LogP contribution in [0.3, 0.4) is 0 Å². The summed E-state index contributed by atoms with van der Waals surface area (Å²) in [6.45, 7) is 2.57. The van der Waals surface area contributed by atoms with Gasteiger partial charge in [-0.1, -0.05) is 0 Å². The average Bonchev–Trinajstić information content (AvgIpc) is 2.36. The molecule has 1 aromatic rings. The van der Waals surface area contributed by atoms with Crippen molar-refractivity contribution in [3.8, 4) is 5.75 Å². The minimum Gasteiger partial charge on any atom is -0.482 e. The van der Waals surface area contributed by atoms with E-state index in [1.807, 2.05) is 0 Å². The lowest BCUT2D eigenvalue weighted by Crippen LogP contribution is -2.38. The molecular formula is C12H14N2O6S. The number of carboxylic acid groups (broad SMARTS) is 1. The van der Waals surface area contributed by atoms with Crippen LogP contribution in [0.1, 0.15) is 12.5 Å². The van der Waals surface area contributed by atoms with Crippen LogP contribution >= 0.6 is 0 Å². The maximum atomic E-state index is 12.2.